The third-order valence-corrected chi connectivity index (χ3v) is 5.11. The molecule has 138 valence electrons. The van der Waals surface area contributed by atoms with Crippen molar-refractivity contribution in [3.63, 3.8) is 0 Å². The van der Waals surface area contributed by atoms with Crippen molar-refractivity contribution in [3.8, 4) is 28.6 Å². The van der Waals surface area contributed by atoms with Gasteiger partial charge < -0.3 is 14.2 Å². The summed E-state index contributed by atoms with van der Waals surface area (Å²) in [5, 5.41) is 14.0. The maximum absolute atomic E-state index is 5.96. The zero-order valence-corrected chi connectivity index (χ0v) is 15.9. The molecule has 0 spiro atoms. The number of hydrogen-bond acceptors (Lipinski definition) is 7. The third-order valence-electron chi connectivity index (χ3n) is 4.05. The number of fused-ring (bicyclic) bond motifs is 1. The lowest BCUT2D eigenvalue weighted by Gasteiger charge is -2.11. The standard InChI is InChI=1S/C19H18N4O3S/c1-12(26-14-7-5-4-6-8-14)18-22-23-17(20-21-19(23)27-18)13-9-10-15(24-2)16(11-13)25-3/h4-12H,1-3H3/t12-/m1/s1. The van der Waals surface area contributed by atoms with Crippen LogP contribution in [0, 0.1) is 0 Å². The number of hydrogen-bond donors (Lipinski definition) is 0. The summed E-state index contributed by atoms with van der Waals surface area (Å²) in [5.41, 5.74) is 0.841. The summed E-state index contributed by atoms with van der Waals surface area (Å²) in [6.45, 7) is 1.97. The Labute approximate surface area is 160 Å². The normalized spacial score (nSPS) is 12.1. The molecule has 0 N–H and O–H groups in total. The number of para-hydroxylation sites is 1. The van der Waals surface area contributed by atoms with E-state index in [1.54, 1.807) is 18.7 Å². The fraction of sp³-hybridized carbons (Fsp3) is 0.211. The maximum atomic E-state index is 5.96. The average molecular weight is 382 g/mol. The molecule has 2 heterocycles. The predicted octanol–water partition coefficient (Wildman–Crippen LogP) is 4.01. The van der Waals surface area contributed by atoms with Gasteiger partial charge in [0.2, 0.25) is 4.96 Å². The highest BCUT2D eigenvalue weighted by Crippen LogP contribution is 2.33. The summed E-state index contributed by atoms with van der Waals surface area (Å²) in [6, 6.07) is 15.3. The summed E-state index contributed by atoms with van der Waals surface area (Å²) in [6.07, 6.45) is -0.197. The lowest BCUT2D eigenvalue weighted by atomic mass is 10.2. The molecule has 27 heavy (non-hydrogen) atoms. The molecule has 0 aliphatic carbocycles. The maximum Gasteiger partial charge on any atom is 0.235 e. The minimum atomic E-state index is -0.197. The number of rotatable bonds is 6. The van der Waals surface area contributed by atoms with E-state index in [0.29, 0.717) is 22.3 Å². The summed E-state index contributed by atoms with van der Waals surface area (Å²) < 4.78 is 18.4. The number of nitrogens with zero attached hydrogens (tertiary/aromatic N) is 4. The molecule has 8 heteroatoms. The SMILES string of the molecule is COc1ccc(-c2nnc3sc([C@@H](C)Oc4ccccc4)nn23)cc1OC. The van der Waals surface area contributed by atoms with Crippen molar-refractivity contribution in [2.75, 3.05) is 14.2 Å². The fourth-order valence-corrected chi connectivity index (χ4v) is 3.52. The van der Waals surface area contributed by atoms with Crippen molar-refractivity contribution in [3.05, 3.63) is 53.5 Å². The van der Waals surface area contributed by atoms with Crippen LogP contribution in [0.1, 0.15) is 18.0 Å². The number of aromatic nitrogens is 4. The molecule has 0 fully saturated rings. The van der Waals surface area contributed by atoms with Gasteiger partial charge in [-0.25, -0.2) is 0 Å². The molecule has 1 atom stereocenters. The van der Waals surface area contributed by atoms with Crippen molar-refractivity contribution in [2.24, 2.45) is 0 Å². The minimum absolute atomic E-state index is 0.197. The van der Waals surface area contributed by atoms with E-state index in [9.17, 15) is 0 Å². The molecule has 0 saturated heterocycles. The van der Waals surface area contributed by atoms with E-state index in [2.05, 4.69) is 15.3 Å². The molecule has 7 nitrogen and oxygen atoms in total. The summed E-state index contributed by atoms with van der Waals surface area (Å²) in [5.74, 6) is 2.73. The summed E-state index contributed by atoms with van der Waals surface area (Å²) in [7, 11) is 3.21. The average Bonchev–Trinajstić information content (AvgIpc) is 3.29. The second-order valence-electron chi connectivity index (χ2n) is 5.80. The first-order valence-electron chi connectivity index (χ1n) is 8.36. The van der Waals surface area contributed by atoms with E-state index >= 15 is 0 Å². The van der Waals surface area contributed by atoms with Gasteiger partial charge in [-0.15, -0.1) is 10.2 Å². The van der Waals surface area contributed by atoms with Crippen LogP contribution in [0.25, 0.3) is 16.3 Å². The van der Waals surface area contributed by atoms with Gasteiger partial charge in [0.1, 0.15) is 11.9 Å². The number of ether oxygens (including phenoxy) is 3. The Morgan fingerprint density at radius 2 is 1.74 bits per heavy atom. The Kier molecular flexibility index (Phi) is 4.64. The Balaban J connectivity index is 1.66. The van der Waals surface area contributed by atoms with Gasteiger partial charge in [-0.2, -0.15) is 9.61 Å². The summed E-state index contributed by atoms with van der Waals surface area (Å²) in [4.78, 5) is 0.707. The van der Waals surface area contributed by atoms with Gasteiger partial charge in [0, 0.05) is 5.56 Å². The highest BCUT2D eigenvalue weighted by Gasteiger charge is 2.19. The molecule has 0 amide bonds. The van der Waals surface area contributed by atoms with Gasteiger partial charge in [-0.1, -0.05) is 29.5 Å². The minimum Gasteiger partial charge on any atom is -0.493 e. The van der Waals surface area contributed by atoms with Crippen LogP contribution in [-0.2, 0) is 0 Å². The van der Waals surface area contributed by atoms with Crippen molar-refractivity contribution in [1.29, 1.82) is 0 Å². The van der Waals surface area contributed by atoms with Gasteiger partial charge in [0.05, 0.1) is 14.2 Å². The Morgan fingerprint density at radius 3 is 2.48 bits per heavy atom. The lowest BCUT2D eigenvalue weighted by Crippen LogP contribution is -2.03. The van der Waals surface area contributed by atoms with Crippen molar-refractivity contribution < 1.29 is 14.2 Å². The second-order valence-corrected chi connectivity index (χ2v) is 6.79. The third kappa shape index (κ3) is 3.31. The Hall–Kier alpha value is -3.13. The molecule has 0 unspecified atom stereocenters. The van der Waals surface area contributed by atoms with Crippen molar-refractivity contribution in [1.82, 2.24) is 19.8 Å². The Bertz CT molecular complexity index is 1060. The van der Waals surface area contributed by atoms with Crippen LogP contribution in [0.2, 0.25) is 0 Å². The molecule has 4 rings (SSSR count). The quantitative estimate of drug-likeness (QED) is 0.502. The molecule has 4 aromatic rings. The lowest BCUT2D eigenvalue weighted by molar-refractivity contribution is 0.225. The highest BCUT2D eigenvalue weighted by molar-refractivity contribution is 7.16. The zero-order chi connectivity index (χ0) is 18.8. The molecular weight excluding hydrogens is 364 g/mol. The fourth-order valence-electron chi connectivity index (χ4n) is 2.70. The van der Waals surface area contributed by atoms with Crippen LogP contribution in [0.4, 0.5) is 0 Å². The van der Waals surface area contributed by atoms with Gasteiger partial charge in [0.25, 0.3) is 0 Å². The zero-order valence-electron chi connectivity index (χ0n) is 15.1. The molecular formula is C19H18N4O3S. The number of benzene rings is 2. The van der Waals surface area contributed by atoms with E-state index < -0.39 is 0 Å². The smallest absolute Gasteiger partial charge is 0.235 e. The van der Waals surface area contributed by atoms with Crippen molar-refractivity contribution in [2.45, 2.75) is 13.0 Å². The van der Waals surface area contributed by atoms with Crippen LogP contribution in [0.15, 0.2) is 48.5 Å². The van der Waals surface area contributed by atoms with Gasteiger partial charge in [0.15, 0.2) is 22.3 Å². The van der Waals surface area contributed by atoms with Gasteiger partial charge in [-0.3, -0.25) is 0 Å². The monoisotopic (exact) mass is 382 g/mol. The van der Waals surface area contributed by atoms with Crippen LogP contribution >= 0.6 is 11.3 Å². The predicted molar refractivity (Wildman–Crippen MR) is 103 cm³/mol. The van der Waals surface area contributed by atoms with Gasteiger partial charge >= 0.3 is 0 Å². The van der Waals surface area contributed by atoms with E-state index in [4.69, 9.17) is 14.2 Å². The molecule has 0 radical (unpaired) electrons. The Morgan fingerprint density at radius 1 is 0.963 bits per heavy atom. The molecule has 0 aliphatic heterocycles. The first-order chi connectivity index (χ1) is 13.2. The second kappa shape index (κ2) is 7.24. The topological polar surface area (TPSA) is 70.8 Å². The van der Waals surface area contributed by atoms with Crippen LogP contribution < -0.4 is 14.2 Å². The summed E-state index contributed by atoms with van der Waals surface area (Å²) >= 11 is 1.46. The van der Waals surface area contributed by atoms with Crippen molar-refractivity contribution >= 4 is 16.3 Å². The van der Waals surface area contributed by atoms with E-state index in [1.165, 1.54) is 11.3 Å². The molecule has 0 aliphatic rings. The first kappa shape index (κ1) is 17.3. The highest BCUT2D eigenvalue weighted by atomic mass is 32.1. The van der Waals surface area contributed by atoms with E-state index in [1.807, 2.05) is 55.5 Å². The molecule has 2 aromatic heterocycles. The van der Waals surface area contributed by atoms with Crippen LogP contribution in [0.3, 0.4) is 0 Å². The van der Waals surface area contributed by atoms with E-state index in [-0.39, 0.29) is 6.10 Å². The molecule has 0 saturated carbocycles. The first-order valence-corrected chi connectivity index (χ1v) is 9.17. The van der Waals surface area contributed by atoms with E-state index in [0.717, 1.165) is 16.3 Å². The molecule has 2 aromatic carbocycles. The number of methoxy groups -OCH3 is 2. The molecule has 0 bridgehead atoms. The van der Waals surface area contributed by atoms with Crippen LogP contribution in [0.5, 0.6) is 17.2 Å². The van der Waals surface area contributed by atoms with Crippen LogP contribution in [-0.4, -0.2) is 34.0 Å². The largest absolute Gasteiger partial charge is 0.493 e. The van der Waals surface area contributed by atoms with Gasteiger partial charge in [-0.05, 0) is 37.3 Å².